The standard InChI is InChI=1S/C33H30FN5O2/c34-25-9-12-31(40)28(19-25)32(30-18-23-3-1-2-4-29(23)36-30)39-20-24-6-5-22(17-27(24)33(39)41)21-7-10-26(11-8-21)37-13-15-38(35)16-14-37/h1-12,17-19,32,36,40H,13-16,20,35H2. The van der Waals surface area contributed by atoms with E-state index in [-0.39, 0.29) is 11.7 Å². The molecule has 206 valence electrons. The van der Waals surface area contributed by atoms with Gasteiger partial charge in [-0.25, -0.2) is 9.40 Å². The van der Waals surface area contributed by atoms with Crippen LogP contribution in [-0.2, 0) is 6.54 Å². The van der Waals surface area contributed by atoms with E-state index in [0.717, 1.165) is 59.5 Å². The number of amides is 1. The first-order chi connectivity index (χ1) is 19.9. The predicted molar refractivity (Wildman–Crippen MR) is 158 cm³/mol. The molecule has 0 spiro atoms. The molecule has 4 N–H and O–H groups in total. The highest BCUT2D eigenvalue weighted by Gasteiger charge is 2.37. The maximum Gasteiger partial charge on any atom is 0.255 e. The molecule has 1 amide bonds. The Bertz CT molecular complexity index is 1720. The summed E-state index contributed by atoms with van der Waals surface area (Å²) in [5.74, 6) is 5.20. The second-order valence-electron chi connectivity index (χ2n) is 10.8. The van der Waals surface area contributed by atoms with E-state index in [4.69, 9.17) is 5.84 Å². The fraction of sp³-hybridized carbons (Fsp3) is 0.182. The SMILES string of the molecule is NN1CCN(c2ccc(-c3ccc4c(c3)C(=O)N(C(c3cc5ccccc5[nH]3)c3cc(F)ccc3O)C4)cc2)CC1. The smallest absolute Gasteiger partial charge is 0.255 e. The number of nitrogens with one attached hydrogen (secondary N) is 1. The lowest BCUT2D eigenvalue weighted by molar-refractivity contribution is 0.0726. The second kappa shape index (κ2) is 10.1. The molecule has 5 aromatic rings. The Morgan fingerprint density at radius 3 is 2.39 bits per heavy atom. The molecule has 1 saturated heterocycles. The van der Waals surface area contributed by atoms with Gasteiger partial charge in [0.15, 0.2) is 0 Å². The highest BCUT2D eigenvalue weighted by Crippen LogP contribution is 2.41. The van der Waals surface area contributed by atoms with E-state index >= 15 is 0 Å². The second-order valence-corrected chi connectivity index (χ2v) is 10.8. The van der Waals surface area contributed by atoms with E-state index in [1.54, 1.807) is 4.90 Å². The Morgan fingerprint density at radius 2 is 1.61 bits per heavy atom. The Labute approximate surface area is 237 Å². The molecule has 4 aromatic carbocycles. The molecule has 1 fully saturated rings. The molecule has 2 aliphatic rings. The molecule has 0 radical (unpaired) electrons. The zero-order valence-corrected chi connectivity index (χ0v) is 22.4. The minimum absolute atomic E-state index is 0.0625. The van der Waals surface area contributed by atoms with Crippen molar-refractivity contribution in [2.24, 2.45) is 5.84 Å². The van der Waals surface area contributed by atoms with Crippen molar-refractivity contribution in [2.45, 2.75) is 12.6 Å². The number of hydrogen-bond acceptors (Lipinski definition) is 5. The predicted octanol–water partition coefficient (Wildman–Crippen LogP) is 5.42. The van der Waals surface area contributed by atoms with Crippen LogP contribution in [0.3, 0.4) is 0 Å². The Morgan fingerprint density at radius 1 is 0.854 bits per heavy atom. The van der Waals surface area contributed by atoms with Gasteiger partial charge < -0.3 is 19.9 Å². The van der Waals surface area contributed by atoms with Gasteiger partial charge in [0.05, 0.1) is 0 Å². The first kappa shape index (κ1) is 25.3. The summed E-state index contributed by atoms with van der Waals surface area (Å²) >= 11 is 0. The van der Waals surface area contributed by atoms with Crippen LogP contribution in [0.1, 0.15) is 33.2 Å². The number of nitrogens with two attached hydrogens (primary N) is 1. The number of benzene rings is 4. The molecular formula is C33H30FN5O2. The number of fused-ring (bicyclic) bond motifs is 2. The van der Waals surface area contributed by atoms with E-state index in [0.29, 0.717) is 23.4 Å². The molecule has 1 unspecified atom stereocenters. The lowest BCUT2D eigenvalue weighted by Gasteiger charge is -2.33. The lowest BCUT2D eigenvalue weighted by atomic mass is 10.00. The molecule has 3 heterocycles. The number of aromatic hydroxyl groups is 1. The molecule has 1 atom stereocenters. The largest absolute Gasteiger partial charge is 0.508 e. The van der Waals surface area contributed by atoms with Crippen LogP contribution in [0.2, 0.25) is 0 Å². The van der Waals surface area contributed by atoms with Gasteiger partial charge in [-0.2, -0.15) is 0 Å². The number of hydrogen-bond donors (Lipinski definition) is 3. The monoisotopic (exact) mass is 547 g/mol. The molecule has 8 heteroatoms. The van der Waals surface area contributed by atoms with Gasteiger partial charge in [0.25, 0.3) is 5.91 Å². The number of phenols is 1. The molecule has 7 nitrogen and oxygen atoms in total. The number of carbonyl (C=O) groups excluding carboxylic acids is 1. The van der Waals surface area contributed by atoms with Crippen LogP contribution in [0.15, 0.2) is 91.0 Å². The summed E-state index contributed by atoms with van der Waals surface area (Å²) < 4.78 is 14.4. The van der Waals surface area contributed by atoms with Crippen LogP contribution in [-0.4, -0.2) is 52.1 Å². The zero-order valence-electron chi connectivity index (χ0n) is 22.4. The first-order valence-corrected chi connectivity index (χ1v) is 13.8. The molecule has 0 bridgehead atoms. The van der Waals surface area contributed by atoms with Crippen molar-refractivity contribution in [1.29, 1.82) is 0 Å². The number of hydrazine groups is 1. The number of rotatable bonds is 5. The summed E-state index contributed by atoms with van der Waals surface area (Å²) in [7, 11) is 0. The maximum absolute atomic E-state index is 14.4. The quantitative estimate of drug-likeness (QED) is 0.256. The topological polar surface area (TPSA) is 88.8 Å². The first-order valence-electron chi connectivity index (χ1n) is 13.8. The molecule has 0 aliphatic carbocycles. The van der Waals surface area contributed by atoms with Gasteiger partial charge in [-0.1, -0.05) is 42.5 Å². The normalized spacial score (nSPS) is 16.4. The van der Waals surface area contributed by atoms with Crippen LogP contribution in [0.25, 0.3) is 22.0 Å². The molecule has 1 aromatic heterocycles. The summed E-state index contributed by atoms with van der Waals surface area (Å²) in [6.45, 7) is 3.78. The number of aromatic amines is 1. The van der Waals surface area contributed by atoms with E-state index in [1.807, 2.05) is 53.5 Å². The van der Waals surface area contributed by atoms with Crippen LogP contribution < -0.4 is 10.7 Å². The van der Waals surface area contributed by atoms with Gasteiger partial charge in [0.2, 0.25) is 0 Å². The van der Waals surface area contributed by atoms with E-state index in [2.05, 4.69) is 34.1 Å². The van der Waals surface area contributed by atoms with Gasteiger partial charge in [-0.15, -0.1) is 0 Å². The molecule has 0 saturated carbocycles. The van der Waals surface area contributed by atoms with Gasteiger partial charge in [0.1, 0.15) is 17.6 Å². The Hall–Kier alpha value is -4.66. The summed E-state index contributed by atoms with van der Waals surface area (Å²) in [5.41, 5.74) is 6.59. The molecule has 41 heavy (non-hydrogen) atoms. The number of aromatic nitrogens is 1. The maximum atomic E-state index is 14.4. The van der Waals surface area contributed by atoms with Crippen molar-refractivity contribution in [1.82, 2.24) is 14.9 Å². The van der Waals surface area contributed by atoms with Crippen LogP contribution in [0.5, 0.6) is 5.75 Å². The van der Waals surface area contributed by atoms with E-state index in [9.17, 15) is 14.3 Å². The number of piperazine rings is 1. The number of carbonyl (C=O) groups is 1. The number of nitrogens with zero attached hydrogens (tertiary/aromatic N) is 3. The van der Waals surface area contributed by atoms with Crippen molar-refractivity contribution in [2.75, 3.05) is 31.1 Å². The fourth-order valence-corrected chi connectivity index (χ4v) is 6.05. The van der Waals surface area contributed by atoms with Crippen molar-refractivity contribution >= 4 is 22.5 Å². The average Bonchev–Trinajstić information content (AvgIpc) is 3.56. The minimum atomic E-state index is -0.699. The van der Waals surface area contributed by atoms with Crippen molar-refractivity contribution in [3.8, 4) is 16.9 Å². The third-order valence-electron chi connectivity index (χ3n) is 8.26. The van der Waals surface area contributed by atoms with Gasteiger partial charge in [0, 0.05) is 60.7 Å². The van der Waals surface area contributed by atoms with E-state index < -0.39 is 11.9 Å². The van der Waals surface area contributed by atoms with Crippen LogP contribution >= 0.6 is 0 Å². The molecule has 7 rings (SSSR count). The van der Waals surface area contributed by atoms with Crippen molar-refractivity contribution < 1.29 is 14.3 Å². The van der Waals surface area contributed by atoms with Gasteiger partial charge in [-0.3, -0.25) is 10.6 Å². The number of para-hydroxylation sites is 1. The minimum Gasteiger partial charge on any atom is -0.508 e. The molecular weight excluding hydrogens is 517 g/mol. The third-order valence-corrected chi connectivity index (χ3v) is 8.26. The van der Waals surface area contributed by atoms with Crippen LogP contribution in [0.4, 0.5) is 10.1 Å². The van der Waals surface area contributed by atoms with Crippen molar-refractivity contribution in [3.05, 3.63) is 119 Å². The summed E-state index contributed by atoms with van der Waals surface area (Å²) in [6, 6.07) is 27.3. The third kappa shape index (κ3) is 4.61. The van der Waals surface area contributed by atoms with Gasteiger partial charge >= 0.3 is 0 Å². The van der Waals surface area contributed by atoms with Crippen molar-refractivity contribution in [3.63, 3.8) is 0 Å². The average molecular weight is 548 g/mol. The highest BCUT2D eigenvalue weighted by molar-refractivity contribution is 6.00. The summed E-state index contributed by atoms with van der Waals surface area (Å²) in [4.78, 5) is 21.4. The Kier molecular flexibility index (Phi) is 6.22. The van der Waals surface area contributed by atoms with Gasteiger partial charge in [-0.05, 0) is 70.6 Å². The van der Waals surface area contributed by atoms with Crippen LogP contribution in [0, 0.1) is 5.82 Å². The lowest BCUT2D eigenvalue weighted by Crippen LogP contribution is -2.49. The highest BCUT2D eigenvalue weighted by atomic mass is 19.1. The number of phenolic OH excluding ortho intramolecular Hbond substituents is 1. The summed E-state index contributed by atoms with van der Waals surface area (Å²) in [6.07, 6.45) is 0. The molecule has 2 aliphatic heterocycles. The number of H-pyrrole nitrogens is 1. The number of halogens is 1. The van der Waals surface area contributed by atoms with E-state index in [1.165, 1.54) is 18.2 Å². The fourth-order valence-electron chi connectivity index (χ4n) is 6.05. The zero-order chi connectivity index (χ0) is 28.1. The summed E-state index contributed by atoms with van der Waals surface area (Å²) in [5, 5.41) is 13.6. The number of anilines is 1. The Balaban J connectivity index is 1.22.